The van der Waals surface area contributed by atoms with Crippen LogP contribution >= 0.6 is 0 Å². The molecule has 3 amide bonds. The average Bonchev–Trinajstić information content (AvgIpc) is 3.00. The number of imide groups is 1. The molecule has 3 atom stereocenters. The molecule has 2 aliphatic heterocycles. The zero-order valence-electron chi connectivity index (χ0n) is 17.8. The summed E-state index contributed by atoms with van der Waals surface area (Å²) >= 11 is 0. The third-order valence-electron chi connectivity index (χ3n) is 7.84. The van der Waals surface area contributed by atoms with Crippen molar-refractivity contribution >= 4 is 17.9 Å². The number of hydrogen-bond acceptors (Lipinski definition) is 4. The molecule has 3 aliphatic rings. The van der Waals surface area contributed by atoms with Crippen LogP contribution in [0.2, 0.25) is 0 Å². The maximum Gasteiger partial charge on any atom is 0.410 e. The number of amides is 3. The van der Waals surface area contributed by atoms with Gasteiger partial charge >= 0.3 is 6.09 Å². The predicted molar refractivity (Wildman–Crippen MR) is 108 cm³/mol. The molecule has 1 aliphatic carbocycles. The summed E-state index contributed by atoms with van der Waals surface area (Å²) in [5.41, 5.74) is 0.666. The van der Waals surface area contributed by atoms with Gasteiger partial charge in [0, 0.05) is 12.5 Å². The number of nitrogens with zero attached hydrogens (tertiary/aromatic N) is 2. The Morgan fingerprint density at radius 2 is 1.72 bits per heavy atom. The molecule has 4 rings (SSSR count). The number of carbonyl (C=O) groups is 3. The van der Waals surface area contributed by atoms with Crippen molar-refractivity contribution in [3.05, 3.63) is 35.9 Å². The van der Waals surface area contributed by atoms with Crippen molar-refractivity contribution in [2.75, 3.05) is 6.54 Å². The molecule has 6 nitrogen and oxygen atoms in total. The Bertz CT molecular complexity index is 834. The molecule has 0 aromatic heterocycles. The van der Waals surface area contributed by atoms with Crippen molar-refractivity contribution in [3.63, 3.8) is 0 Å². The van der Waals surface area contributed by atoms with Crippen molar-refractivity contribution in [1.29, 1.82) is 0 Å². The van der Waals surface area contributed by atoms with E-state index < -0.39 is 12.0 Å². The second-order valence-corrected chi connectivity index (χ2v) is 9.79. The summed E-state index contributed by atoms with van der Waals surface area (Å²) in [4.78, 5) is 42.1. The quantitative estimate of drug-likeness (QED) is 0.732. The van der Waals surface area contributed by atoms with Crippen molar-refractivity contribution in [2.45, 2.75) is 59.7 Å². The van der Waals surface area contributed by atoms with Crippen molar-refractivity contribution < 1.29 is 19.1 Å². The Labute approximate surface area is 172 Å². The van der Waals surface area contributed by atoms with Crippen LogP contribution in [0.15, 0.2) is 30.3 Å². The second-order valence-electron chi connectivity index (χ2n) is 9.79. The first-order valence-corrected chi connectivity index (χ1v) is 10.4. The van der Waals surface area contributed by atoms with E-state index >= 15 is 0 Å². The molecule has 3 fully saturated rings. The number of rotatable bonds is 3. The van der Waals surface area contributed by atoms with Gasteiger partial charge in [0.25, 0.3) is 0 Å². The first-order valence-electron chi connectivity index (χ1n) is 10.4. The summed E-state index contributed by atoms with van der Waals surface area (Å²) in [5, 5.41) is 0. The fourth-order valence-electron chi connectivity index (χ4n) is 5.45. The lowest BCUT2D eigenvalue weighted by Crippen LogP contribution is -2.44. The van der Waals surface area contributed by atoms with Crippen LogP contribution in [-0.4, -0.2) is 46.3 Å². The Morgan fingerprint density at radius 1 is 1.10 bits per heavy atom. The third kappa shape index (κ3) is 2.87. The fourth-order valence-corrected chi connectivity index (χ4v) is 5.45. The number of hydrogen-bond donors (Lipinski definition) is 0. The second kappa shape index (κ2) is 6.57. The molecule has 0 radical (unpaired) electrons. The van der Waals surface area contributed by atoms with E-state index in [-0.39, 0.29) is 47.3 Å². The van der Waals surface area contributed by atoms with Gasteiger partial charge in [0.2, 0.25) is 11.8 Å². The van der Waals surface area contributed by atoms with E-state index in [0.717, 1.165) is 5.56 Å². The van der Waals surface area contributed by atoms with Crippen LogP contribution in [0.3, 0.4) is 0 Å². The third-order valence-corrected chi connectivity index (χ3v) is 7.84. The first-order chi connectivity index (χ1) is 13.6. The summed E-state index contributed by atoms with van der Waals surface area (Å²) in [6.07, 6.45) is 0.197. The van der Waals surface area contributed by atoms with Gasteiger partial charge in [-0.3, -0.25) is 14.5 Å². The normalized spacial score (nSPS) is 29.7. The lowest BCUT2D eigenvalue weighted by atomic mass is 10.0. The summed E-state index contributed by atoms with van der Waals surface area (Å²) < 4.78 is 5.50. The molecule has 0 unspecified atom stereocenters. The van der Waals surface area contributed by atoms with Crippen molar-refractivity contribution in [2.24, 2.45) is 22.7 Å². The predicted octanol–water partition coefficient (Wildman–Crippen LogP) is 3.45. The van der Waals surface area contributed by atoms with Crippen LogP contribution in [0, 0.1) is 22.7 Å². The Balaban J connectivity index is 1.47. The maximum absolute atomic E-state index is 13.3. The molecular weight excluding hydrogens is 368 g/mol. The van der Waals surface area contributed by atoms with Gasteiger partial charge < -0.3 is 9.64 Å². The lowest BCUT2D eigenvalue weighted by Gasteiger charge is -2.25. The molecule has 29 heavy (non-hydrogen) atoms. The smallest absolute Gasteiger partial charge is 0.410 e. The summed E-state index contributed by atoms with van der Waals surface area (Å²) in [6.45, 7) is 10.8. The number of carbonyl (C=O) groups excluding carboxylic acids is 3. The zero-order valence-corrected chi connectivity index (χ0v) is 17.8. The van der Waals surface area contributed by atoms with Crippen LogP contribution in [0.25, 0.3) is 0 Å². The van der Waals surface area contributed by atoms with Gasteiger partial charge in [0.1, 0.15) is 6.61 Å². The van der Waals surface area contributed by atoms with E-state index in [9.17, 15) is 14.4 Å². The molecule has 156 valence electrons. The molecular formula is C23H30N2O4. The highest BCUT2D eigenvalue weighted by molar-refractivity contribution is 6.02. The van der Waals surface area contributed by atoms with E-state index in [4.69, 9.17) is 4.74 Å². The summed E-state index contributed by atoms with van der Waals surface area (Å²) in [6, 6.07) is 8.97. The minimum Gasteiger partial charge on any atom is -0.445 e. The van der Waals surface area contributed by atoms with Crippen LogP contribution in [0.4, 0.5) is 4.79 Å². The van der Waals surface area contributed by atoms with E-state index in [1.807, 2.05) is 37.3 Å². The highest BCUT2D eigenvalue weighted by atomic mass is 16.6. The maximum atomic E-state index is 13.3. The highest BCUT2D eigenvalue weighted by Gasteiger charge is 2.71. The monoisotopic (exact) mass is 398 g/mol. The van der Waals surface area contributed by atoms with Gasteiger partial charge in [0.05, 0.1) is 18.0 Å². The van der Waals surface area contributed by atoms with Crippen molar-refractivity contribution in [1.82, 2.24) is 9.80 Å². The number of ether oxygens (including phenoxy) is 1. The summed E-state index contributed by atoms with van der Waals surface area (Å²) in [7, 11) is 0. The summed E-state index contributed by atoms with van der Waals surface area (Å²) in [5.74, 6) is -0.808. The molecule has 0 spiro atoms. The van der Waals surface area contributed by atoms with Gasteiger partial charge in [0.15, 0.2) is 0 Å². The van der Waals surface area contributed by atoms with Gasteiger partial charge in [-0.15, -0.1) is 0 Å². The van der Waals surface area contributed by atoms with E-state index in [0.29, 0.717) is 13.0 Å². The van der Waals surface area contributed by atoms with E-state index in [1.165, 1.54) is 4.90 Å². The molecule has 0 bridgehead atoms. The molecule has 2 saturated heterocycles. The minimum absolute atomic E-state index is 0.0798. The van der Waals surface area contributed by atoms with Gasteiger partial charge in [-0.05, 0) is 22.8 Å². The zero-order chi connectivity index (χ0) is 21.1. The average molecular weight is 399 g/mol. The largest absolute Gasteiger partial charge is 0.445 e. The topological polar surface area (TPSA) is 66.9 Å². The molecule has 1 aromatic carbocycles. The highest BCUT2D eigenvalue weighted by Crippen LogP contribution is 2.69. The minimum atomic E-state index is -0.414. The molecule has 1 aromatic rings. The fraction of sp³-hybridized carbons (Fsp3) is 0.609. The number of benzene rings is 1. The number of likely N-dealkylation sites (tertiary alicyclic amines) is 2. The Hall–Kier alpha value is -2.37. The number of fused-ring (bicyclic) bond motifs is 1. The first kappa shape index (κ1) is 19.9. The van der Waals surface area contributed by atoms with Gasteiger partial charge in [-0.25, -0.2) is 4.79 Å². The Kier molecular flexibility index (Phi) is 4.52. The molecule has 2 heterocycles. The van der Waals surface area contributed by atoms with Crippen molar-refractivity contribution in [3.8, 4) is 0 Å². The molecule has 1 saturated carbocycles. The molecule has 6 heteroatoms. The van der Waals surface area contributed by atoms with Crippen LogP contribution in [-0.2, 0) is 20.9 Å². The lowest BCUT2D eigenvalue weighted by molar-refractivity contribution is -0.146. The SMILES string of the molecule is C[C@@H]1C(=O)N(C(=O)C2C(C)(C)C2(C)C)[C@H]2CCN(C(=O)OCc3ccccc3)[C@H]12. The standard InChI is InChI=1S/C23H30N2O4/c1-14-17-16(25(19(14)26)20(27)18-22(2,3)23(18,4)5)11-12-24(17)21(28)29-13-15-9-7-6-8-10-15/h6-10,14,16-18H,11-13H2,1-5H3/t14-,16-,17+/m0/s1. The van der Waals surface area contributed by atoms with Crippen LogP contribution < -0.4 is 0 Å². The Morgan fingerprint density at radius 3 is 2.31 bits per heavy atom. The van der Waals surface area contributed by atoms with Gasteiger partial charge in [-0.1, -0.05) is 65.0 Å². The van der Waals surface area contributed by atoms with E-state index in [2.05, 4.69) is 27.7 Å². The van der Waals surface area contributed by atoms with Gasteiger partial charge in [-0.2, -0.15) is 0 Å². The van der Waals surface area contributed by atoms with E-state index in [1.54, 1.807) is 4.90 Å². The van der Waals surface area contributed by atoms with Crippen LogP contribution in [0.5, 0.6) is 0 Å². The van der Waals surface area contributed by atoms with Crippen LogP contribution in [0.1, 0.15) is 46.6 Å². The molecule has 0 N–H and O–H groups in total.